The molecule has 0 saturated carbocycles. The van der Waals surface area contributed by atoms with Crippen molar-refractivity contribution in [2.24, 2.45) is 0 Å². The van der Waals surface area contributed by atoms with E-state index in [4.69, 9.17) is 0 Å². The van der Waals surface area contributed by atoms with Gasteiger partial charge < -0.3 is 0 Å². The number of rotatable bonds is 6. The highest BCUT2D eigenvalue weighted by atomic mass is 32.2. The molecule has 3 aromatic carbocycles. The Hall–Kier alpha value is -2.93. The van der Waals surface area contributed by atoms with E-state index < -0.39 is 21.6 Å². The topological polar surface area (TPSA) is 51.2 Å². The van der Waals surface area contributed by atoms with Crippen molar-refractivity contribution in [1.29, 1.82) is 0 Å². The van der Waals surface area contributed by atoms with Crippen molar-refractivity contribution >= 4 is 15.6 Å². The first-order valence-electron chi connectivity index (χ1n) is 9.62. The first-order valence-corrected chi connectivity index (χ1v) is 11.5. The summed E-state index contributed by atoms with van der Waals surface area (Å²) in [7, 11) is -3.32. The van der Waals surface area contributed by atoms with Gasteiger partial charge in [0.1, 0.15) is 0 Å². The average Bonchev–Trinajstić information content (AvgIpc) is 2.72. The number of hydrogen-bond acceptors (Lipinski definition) is 3. The lowest BCUT2D eigenvalue weighted by Crippen LogP contribution is -2.08. The van der Waals surface area contributed by atoms with Crippen LogP contribution in [-0.2, 0) is 28.9 Å². The third-order valence-corrected chi connectivity index (χ3v) is 6.18. The normalized spacial score (nSPS) is 12.0. The number of ketones is 1. The van der Waals surface area contributed by atoms with E-state index in [1.807, 2.05) is 6.92 Å². The number of carbonyl (C=O) groups is 1. The van der Waals surface area contributed by atoms with Gasteiger partial charge in [0, 0.05) is 18.2 Å². The second kappa shape index (κ2) is 8.67. The number of halogens is 3. The summed E-state index contributed by atoms with van der Waals surface area (Å²) >= 11 is 0. The maximum Gasteiger partial charge on any atom is 0.417 e. The van der Waals surface area contributed by atoms with E-state index in [1.54, 1.807) is 30.3 Å². The molecule has 0 fully saturated rings. The van der Waals surface area contributed by atoms with E-state index in [2.05, 4.69) is 0 Å². The molecule has 3 aromatic rings. The Morgan fingerprint density at radius 1 is 0.903 bits per heavy atom. The predicted octanol–water partition coefficient (Wildman–Crippen LogP) is 5.76. The van der Waals surface area contributed by atoms with E-state index in [0.717, 1.165) is 12.3 Å². The first kappa shape index (κ1) is 22.7. The van der Waals surface area contributed by atoms with Gasteiger partial charge in [-0.05, 0) is 52.9 Å². The van der Waals surface area contributed by atoms with Gasteiger partial charge in [-0.2, -0.15) is 13.2 Å². The predicted molar refractivity (Wildman–Crippen MR) is 114 cm³/mol. The van der Waals surface area contributed by atoms with Crippen LogP contribution in [0.4, 0.5) is 13.2 Å². The van der Waals surface area contributed by atoms with Crippen LogP contribution in [0.25, 0.3) is 11.1 Å². The van der Waals surface area contributed by atoms with Gasteiger partial charge in [0.25, 0.3) is 0 Å². The molecule has 0 aliphatic carbocycles. The molecule has 0 amide bonds. The summed E-state index contributed by atoms with van der Waals surface area (Å²) in [5.74, 6) is -0.197. The number of alkyl halides is 3. The van der Waals surface area contributed by atoms with Crippen LogP contribution in [0.15, 0.2) is 71.6 Å². The lowest BCUT2D eigenvalue weighted by molar-refractivity contribution is -0.137. The smallest absolute Gasteiger partial charge is 0.294 e. The SMILES string of the molecule is CCc1cc(C(=O)Cc2ccc(S(C)(=O)=O)cc2)ccc1-c1ccccc1C(F)(F)F. The molecule has 0 heterocycles. The van der Waals surface area contributed by atoms with Crippen molar-refractivity contribution < 1.29 is 26.4 Å². The third kappa shape index (κ3) is 5.22. The molecule has 7 heteroatoms. The molecule has 3 nitrogen and oxygen atoms in total. The molecule has 0 aromatic heterocycles. The van der Waals surface area contributed by atoms with Crippen LogP contribution in [0.5, 0.6) is 0 Å². The molecule has 0 bridgehead atoms. The third-order valence-electron chi connectivity index (χ3n) is 5.05. The Bertz CT molecular complexity index is 1210. The maximum atomic E-state index is 13.4. The number of carbonyl (C=O) groups excluding carboxylic acids is 1. The Labute approximate surface area is 179 Å². The summed E-state index contributed by atoms with van der Waals surface area (Å²) in [6, 6.07) is 16.2. The molecule has 0 spiro atoms. The molecule has 0 atom stereocenters. The van der Waals surface area contributed by atoms with Crippen LogP contribution in [0.1, 0.15) is 34.0 Å². The molecule has 0 saturated heterocycles. The van der Waals surface area contributed by atoms with Gasteiger partial charge in [0.15, 0.2) is 15.6 Å². The van der Waals surface area contributed by atoms with Crippen LogP contribution in [0.2, 0.25) is 0 Å². The Morgan fingerprint density at radius 3 is 2.13 bits per heavy atom. The fraction of sp³-hybridized carbons (Fsp3) is 0.208. The molecular weight excluding hydrogens is 425 g/mol. The van der Waals surface area contributed by atoms with Gasteiger partial charge in [-0.25, -0.2) is 8.42 Å². The van der Waals surface area contributed by atoms with Gasteiger partial charge in [-0.3, -0.25) is 4.79 Å². The fourth-order valence-electron chi connectivity index (χ4n) is 3.43. The lowest BCUT2D eigenvalue weighted by Gasteiger charge is -2.16. The minimum absolute atomic E-state index is 0.0612. The van der Waals surface area contributed by atoms with Crippen molar-refractivity contribution in [2.45, 2.75) is 30.8 Å². The van der Waals surface area contributed by atoms with Gasteiger partial charge in [-0.15, -0.1) is 0 Å². The summed E-state index contributed by atoms with van der Waals surface area (Å²) in [4.78, 5) is 12.9. The Morgan fingerprint density at radius 2 is 1.55 bits per heavy atom. The summed E-state index contributed by atoms with van der Waals surface area (Å²) < 4.78 is 63.4. The van der Waals surface area contributed by atoms with Crippen LogP contribution < -0.4 is 0 Å². The molecule has 0 aliphatic heterocycles. The number of benzene rings is 3. The zero-order valence-corrected chi connectivity index (χ0v) is 17.8. The lowest BCUT2D eigenvalue weighted by atomic mass is 9.91. The maximum absolute atomic E-state index is 13.4. The molecule has 0 N–H and O–H groups in total. The quantitative estimate of drug-likeness (QED) is 0.452. The van der Waals surface area contributed by atoms with Crippen molar-refractivity contribution in [1.82, 2.24) is 0 Å². The van der Waals surface area contributed by atoms with Crippen LogP contribution in [-0.4, -0.2) is 20.5 Å². The average molecular weight is 446 g/mol. The highest BCUT2D eigenvalue weighted by Gasteiger charge is 2.33. The van der Waals surface area contributed by atoms with E-state index in [0.29, 0.717) is 28.7 Å². The molecule has 0 radical (unpaired) electrons. The first-order chi connectivity index (χ1) is 14.5. The fourth-order valence-corrected chi connectivity index (χ4v) is 4.06. The molecule has 162 valence electrons. The largest absolute Gasteiger partial charge is 0.417 e. The van der Waals surface area contributed by atoms with Gasteiger partial charge in [0.2, 0.25) is 0 Å². The number of sulfone groups is 1. The summed E-state index contributed by atoms with van der Waals surface area (Å²) in [5, 5.41) is 0. The minimum atomic E-state index is -4.48. The summed E-state index contributed by atoms with van der Waals surface area (Å²) in [5.41, 5.74) is 1.52. The van der Waals surface area contributed by atoms with E-state index in [1.165, 1.54) is 30.3 Å². The van der Waals surface area contributed by atoms with Crippen LogP contribution >= 0.6 is 0 Å². The Kier molecular flexibility index (Phi) is 6.36. The molecular formula is C24H21F3O3S. The van der Waals surface area contributed by atoms with E-state index in [-0.39, 0.29) is 22.7 Å². The van der Waals surface area contributed by atoms with Crippen molar-refractivity contribution in [3.8, 4) is 11.1 Å². The van der Waals surface area contributed by atoms with Crippen molar-refractivity contribution in [2.75, 3.05) is 6.26 Å². The minimum Gasteiger partial charge on any atom is -0.294 e. The van der Waals surface area contributed by atoms with Crippen LogP contribution in [0, 0.1) is 0 Å². The molecule has 3 rings (SSSR count). The molecule has 0 aliphatic rings. The van der Waals surface area contributed by atoms with E-state index >= 15 is 0 Å². The van der Waals surface area contributed by atoms with E-state index in [9.17, 15) is 26.4 Å². The number of Topliss-reactive ketones (excluding diaryl/α,β-unsaturated/α-hetero) is 1. The number of hydrogen-bond donors (Lipinski definition) is 0. The summed E-state index contributed by atoms with van der Waals surface area (Å²) in [6.07, 6.45) is -2.84. The van der Waals surface area contributed by atoms with Gasteiger partial charge in [-0.1, -0.05) is 49.4 Å². The molecule has 31 heavy (non-hydrogen) atoms. The monoisotopic (exact) mass is 446 g/mol. The Balaban J connectivity index is 1.91. The van der Waals surface area contributed by atoms with Gasteiger partial charge >= 0.3 is 6.18 Å². The standard InChI is InChI=1S/C24H21F3O3S/c1-3-17-15-18(23(28)14-16-8-11-19(12-9-16)31(2,29)30)10-13-20(17)21-6-4-5-7-22(21)24(25,26)27/h4-13,15H,3,14H2,1-2H3. The highest BCUT2D eigenvalue weighted by molar-refractivity contribution is 7.90. The van der Waals surface area contributed by atoms with Crippen molar-refractivity contribution in [3.05, 3.63) is 89.0 Å². The zero-order chi connectivity index (χ0) is 22.8. The van der Waals surface area contributed by atoms with Gasteiger partial charge in [0.05, 0.1) is 10.5 Å². The van der Waals surface area contributed by atoms with Crippen molar-refractivity contribution in [3.63, 3.8) is 0 Å². The molecule has 0 unspecified atom stereocenters. The highest BCUT2D eigenvalue weighted by Crippen LogP contribution is 2.38. The second-order valence-electron chi connectivity index (χ2n) is 7.28. The van der Waals surface area contributed by atoms with Crippen LogP contribution in [0.3, 0.4) is 0 Å². The second-order valence-corrected chi connectivity index (χ2v) is 9.30. The number of aryl methyl sites for hydroxylation is 1. The summed E-state index contributed by atoms with van der Waals surface area (Å²) in [6.45, 7) is 1.83. The zero-order valence-electron chi connectivity index (χ0n) is 17.0.